The normalized spacial score (nSPS) is 11.8. The van der Waals surface area contributed by atoms with E-state index in [0.29, 0.717) is 6.42 Å². The Labute approximate surface area is 64.9 Å². The molecule has 1 unspecified atom stereocenters. The van der Waals surface area contributed by atoms with E-state index in [2.05, 4.69) is 0 Å². The molecule has 0 aromatic rings. The molecule has 5 heteroatoms. The monoisotopic (exact) mass is 166 g/mol. The van der Waals surface area contributed by atoms with E-state index in [-0.39, 0.29) is 0 Å². The van der Waals surface area contributed by atoms with Crippen LogP contribution in [0.4, 0.5) is 0 Å². The largest absolute Gasteiger partial charge is 0.479 e. The second kappa shape index (κ2) is 7.46. The molecule has 0 bridgehead atoms. The molecule has 0 amide bonds. The fraction of sp³-hybridized carbons (Fsp3) is 0.833. The van der Waals surface area contributed by atoms with E-state index < -0.39 is 18.4 Å². The first kappa shape index (κ1) is 13.0. The topological polar surface area (TPSA) is 98.0 Å². The predicted molar refractivity (Wildman–Crippen MR) is 37.8 cm³/mol. The molecule has 0 aliphatic heterocycles. The smallest absolute Gasteiger partial charge is 0.332 e. The van der Waals surface area contributed by atoms with E-state index in [1.807, 2.05) is 0 Å². The quantitative estimate of drug-likeness (QED) is 0.401. The molecule has 0 rings (SSSR count). The van der Waals surface area contributed by atoms with Gasteiger partial charge in [0, 0.05) is 0 Å². The zero-order valence-corrected chi connectivity index (χ0v) is 6.56. The van der Waals surface area contributed by atoms with Crippen LogP contribution in [-0.4, -0.2) is 38.8 Å². The third-order valence-corrected chi connectivity index (χ3v) is 0.723. The van der Waals surface area contributed by atoms with E-state index in [1.54, 1.807) is 6.92 Å². The van der Waals surface area contributed by atoms with E-state index in [1.165, 1.54) is 6.92 Å². The Morgan fingerprint density at radius 2 is 1.55 bits per heavy atom. The highest BCUT2D eigenvalue weighted by atomic mass is 16.5. The van der Waals surface area contributed by atoms with Crippen molar-refractivity contribution >= 4 is 5.97 Å². The summed E-state index contributed by atoms with van der Waals surface area (Å²) in [5.41, 5.74) is 0. The lowest BCUT2D eigenvalue weighted by Gasteiger charge is -1.90. The molecule has 1 atom stereocenters. The number of carboxylic acids is 1. The van der Waals surface area contributed by atoms with Gasteiger partial charge < -0.3 is 20.4 Å². The summed E-state index contributed by atoms with van der Waals surface area (Å²) in [7, 11) is 0. The van der Waals surface area contributed by atoms with Crippen molar-refractivity contribution < 1.29 is 25.2 Å². The SMILES string of the molecule is CC(O)C(=O)O.CCC(O)O. The van der Waals surface area contributed by atoms with Gasteiger partial charge in [-0.25, -0.2) is 4.79 Å². The number of aliphatic hydroxyl groups is 3. The molecule has 5 nitrogen and oxygen atoms in total. The molecule has 0 radical (unpaired) electrons. The van der Waals surface area contributed by atoms with Gasteiger partial charge in [-0.15, -0.1) is 0 Å². The summed E-state index contributed by atoms with van der Waals surface area (Å²) in [4.78, 5) is 9.45. The minimum Gasteiger partial charge on any atom is -0.479 e. The van der Waals surface area contributed by atoms with E-state index in [4.69, 9.17) is 20.4 Å². The van der Waals surface area contributed by atoms with Crippen LogP contribution in [0.1, 0.15) is 20.3 Å². The average molecular weight is 166 g/mol. The fourth-order valence-electron chi connectivity index (χ4n) is 0. The first-order chi connectivity index (χ1) is 4.91. The summed E-state index contributed by atoms with van der Waals surface area (Å²) >= 11 is 0. The highest BCUT2D eigenvalue weighted by Crippen LogP contribution is 1.77. The van der Waals surface area contributed by atoms with E-state index in [0.717, 1.165) is 0 Å². The maximum absolute atomic E-state index is 9.45. The van der Waals surface area contributed by atoms with Crippen LogP contribution in [-0.2, 0) is 4.79 Å². The van der Waals surface area contributed by atoms with Crippen LogP contribution in [0.5, 0.6) is 0 Å². The number of aliphatic carboxylic acids is 1. The lowest BCUT2D eigenvalue weighted by atomic mass is 10.4. The molecule has 0 saturated carbocycles. The Hall–Kier alpha value is -0.650. The number of carboxylic acid groups (broad SMARTS) is 1. The van der Waals surface area contributed by atoms with Gasteiger partial charge in [-0.1, -0.05) is 6.92 Å². The van der Waals surface area contributed by atoms with Crippen molar-refractivity contribution in [2.75, 3.05) is 0 Å². The maximum Gasteiger partial charge on any atom is 0.332 e. The van der Waals surface area contributed by atoms with Crippen molar-refractivity contribution in [3.63, 3.8) is 0 Å². The summed E-state index contributed by atoms with van der Waals surface area (Å²) in [6, 6.07) is 0. The first-order valence-corrected chi connectivity index (χ1v) is 3.18. The first-order valence-electron chi connectivity index (χ1n) is 3.18. The molecular formula is C6H14O5. The standard InChI is InChI=1S/C3H6O3.C3H8O2/c1-2(4)3(5)6;1-2-3(4)5/h2,4H,1H3,(H,5,6);3-5H,2H2,1H3. The van der Waals surface area contributed by atoms with Gasteiger partial charge >= 0.3 is 5.97 Å². The minimum atomic E-state index is -1.23. The third-order valence-electron chi connectivity index (χ3n) is 0.723. The van der Waals surface area contributed by atoms with Crippen LogP contribution < -0.4 is 0 Å². The molecule has 0 aliphatic rings. The molecule has 0 spiro atoms. The molecule has 0 aromatic carbocycles. The van der Waals surface area contributed by atoms with Crippen molar-refractivity contribution in [1.29, 1.82) is 0 Å². The predicted octanol–water partition coefficient (Wildman–Crippen LogP) is -0.841. The zero-order valence-electron chi connectivity index (χ0n) is 6.56. The summed E-state index contributed by atoms with van der Waals surface area (Å²) in [5, 5.41) is 31.6. The Kier molecular flexibility index (Phi) is 8.80. The molecule has 0 aromatic heterocycles. The van der Waals surface area contributed by atoms with Gasteiger partial charge in [0.1, 0.15) is 6.10 Å². The minimum absolute atomic E-state index is 0.417. The highest BCUT2D eigenvalue weighted by Gasteiger charge is 2.01. The summed E-state index contributed by atoms with van der Waals surface area (Å²) < 4.78 is 0. The van der Waals surface area contributed by atoms with E-state index >= 15 is 0 Å². The van der Waals surface area contributed by atoms with Gasteiger partial charge in [-0.2, -0.15) is 0 Å². The lowest BCUT2D eigenvalue weighted by molar-refractivity contribution is -0.145. The Balaban J connectivity index is 0. The molecule has 68 valence electrons. The van der Waals surface area contributed by atoms with Crippen LogP contribution in [0.15, 0.2) is 0 Å². The highest BCUT2D eigenvalue weighted by molar-refractivity contribution is 5.71. The van der Waals surface area contributed by atoms with Crippen LogP contribution in [0.3, 0.4) is 0 Å². The van der Waals surface area contributed by atoms with Crippen molar-refractivity contribution in [2.45, 2.75) is 32.7 Å². The second-order valence-electron chi connectivity index (χ2n) is 1.90. The van der Waals surface area contributed by atoms with E-state index in [9.17, 15) is 4.79 Å². The molecule has 4 N–H and O–H groups in total. The van der Waals surface area contributed by atoms with Crippen molar-refractivity contribution in [3.8, 4) is 0 Å². The number of hydrogen-bond acceptors (Lipinski definition) is 4. The number of rotatable bonds is 2. The molecule has 0 heterocycles. The molecule has 0 saturated heterocycles. The average Bonchev–Trinajstić information content (AvgIpc) is 1.89. The number of hydrogen-bond donors (Lipinski definition) is 4. The zero-order chi connectivity index (χ0) is 9.44. The summed E-state index contributed by atoms with van der Waals surface area (Å²) in [6.45, 7) is 2.90. The van der Waals surface area contributed by atoms with Gasteiger partial charge in [0.05, 0.1) is 0 Å². The number of carbonyl (C=O) groups is 1. The molecular weight excluding hydrogens is 152 g/mol. The van der Waals surface area contributed by atoms with Crippen LogP contribution >= 0.6 is 0 Å². The summed E-state index contributed by atoms with van der Waals surface area (Å²) in [5.74, 6) is -1.19. The van der Waals surface area contributed by atoms with Gasteiger partial charge in [0.25, 0.3) is 0 Å². The van der Waals surface area contributed by atoms with Crippen LogP contribution in [0.25, 0.3) is 0 Å². The van der Waals surface area contributed by atoms with Crippen molar-refractivity contribution in [1.82, 2.24) is 0 Å². The van der Waals surface area contributed by atoms with Crippen LogP contribution in [0.2, 0.25) is 0 Å². The molecule has 0 fully saturated rings. The lowest BCUT2D eigenvalue weighted by Crippen LogP contribution is -2.13. The third kappa shape index (κ3) is 17.6. The van der Waals surface area contributed by atoms with Gasteiger partial charge in [-0.05, 0) is 13.3 Å². The van der Waals surface area contributed by atoms with Gasteiger partial charge in [0.15, 0.2) is 6.29 Å². The Morgan fingerprint density at radius 3 is 1.55 bits per heavy atom. The summed E-state index contributed by atoms with van der Waals surface area (Å²) in [6.07, 6.45) is -1.93. The molecule has 0 aliphatic carbocycles. The second-order valence-corrected chi connectivity index (χ2v) is 1.90. The van der Waals surface area contributed by atoms with Gasteiger partial charge in [0.2, 0.25) is 0 Å². The number of aliphatic hydroxyl groups excluding tert-OH is 2. The molecule has 11 heavy (non-hydrogen) atoms. The Bertz CT molecular complexity index is 99.1. The van der Waals surface area contributed by atoms with Crippen molar-refractivity contribution in [2.24, 2.45) is 0 Å². The maximum atomic E-state index is 9.45. The fourth-order valence-corrected chi connectivity index (χ4v) is 0. The van der Waals surface area contributed by atoms with Crippen LogP contribution in [0, 0.1) is 0 Å². The van der Waals surface area contributed by atoms with Gasteiger partial charge in [-0.3, -0.25) is 0 Å². The van der Waals surface area contributed by atoms with Crippen molar-refractivity contribution in [3.05, 3.63) is 0 Å². The Morgan fingerprint density at radius 1 is 1.36 bits per heavy atom.